The lowest BCUT2D eigenvalue weighted by molar-refractivity contribution is 0.573. The van der Waals surface area contributed by atoms with Crippen LogP contribution in [-0.4, -0.2) is 9.97 Å². The highest BCUT2D eigenvalue weighted by atomic mass is 19.2. The van der Waals surface area contributed by atoms with Gasteiger partial charge in [-0.2, -0.15) is 0 Å². The molecule has 2 N–H and O–H groups in total. The molecule has 0 atom stereocenters. The van der Waals surface area contributed by atoms with Crippen LogP contribution in [0.15, 0.2) is 103 Å². The van der Waals surface area contributed by atoms with Crippen LogP contribution in [0.3, 0.4) is 0 Å². The summed E-state index contributed by atoms with van der Waals surface area (Å²) in [5, 5.41) is 1.96. The van der Waals surface area contributed by atoms with Gasteiger partial charge in [-0.1, -0.05) is 52.5 Å². The molecule has 0 amide bonds. The number of H-pyrrole nitrogens is 2. The Kier molecular flexibility index (Phi) is 17.7. The number of nitrogens with one attached hydrogen (secondary N) is 2. The van der Waals surface area contributed by atoms with Crippen molar-refractivity contribution in [2.45, 2.75) is 75.2 Å². The third-order valence-corrected chi connectivity index (χ3v) is 8.56. The highest BCUT2D eigenvalue weighted by molar-refractivity contribution is 5.83. The summed E-state index contributed by atoms with van der Waals surface area (Å²) in [4.78, 5) is 6.15. The van der Waals surface area contributed by atoms with Gasteiger partial charge in [-0.3, -0.25) is 0 Å². The van der Waals surface area contributed by atoms with E-state index in [4.69, 9.17) is 0 Å². The number of aryl methyl sites for hydroxylation is 6. The third kappa shape index (κ3) is 13.4. The van der Waals surface area contributed by atoms with Crippen molar-refractivity contribution in [3.63, 3.8) is 0 Å². The molecule has 0 spiro atoms. The van der Waals surface area contributed by atoms with E-state index in [2.05, 4.69) is 55.9 Å². The summed E-state index contributed by atoms with van der Waals surface area (Å²) in [5.41, 5.74) is 9.68. The van der Waals surface area contributed by atoms with Crippen molar-refractivity contribution in [1.82, 2.24) is 9.97 Å². The van der Waals surface area contributed by atoms with Crippen molar-refractivity contribution in [3.8, 4) is 0 Å². The Balaban J connectivity index is 0.000000229. The summed E-state index contributed by atoms with van der Waals surface area (Å²) in [6, 6.07) is 23.1. The molecule has 0 bridgehead atoms. The fourth-order valence-electron chi connectivity index (χ4n) is 5.20. The Morgan fingerprint density at radius 1 is 0.453 bits per heavy atom. The second kappa shape index (κ2) is 21.3. The van der Waals surface area contributed by atoms with Crippen LogP contribution in [0.5, 0.6) is 0 Å². The average Bonchev–Trinajstić information content (AvgIpc) is 3.70. The normalized spacial score (nSPS) is 10.1. The summed E-state index contributed by atoms with van der Waals surface area (Å²) in [5.74, 6) is -2.33. The standard InChI is InChI=1S/C10H10FN.C9H8FN.C9H12.2C8H8F2.CH4/c1-2-7-6-12-10-4-3-8(11)5-9(7)10;1-6-5-11-9-3-2-7(10)4-8(6)9;1-7-5-4-6-8(2)9(7)3;1-2-6-3-7(9)5-8(10)4-6;1-2-6-3-4-7(9)5-8(6)10;/h3-6,12H,2H2,1H3;2-5,11H,1H3;4-6H,1-3H3;2*3-5H,2H2,1H3;1H4. The summed E-state index contributed by atoms with van der Waals surface area (Å²) >= 11 is 0. The average molecular weight is 733 g/mol. The second-order valence-electron chi connectivity index (χ2n) is 12.3. The molecule has 7 aromatic rings. The number of halogens is 6. The number of hydrogen-bond acceptors (Lipinski definition) is 0. The molecule has 0 saturated heterocycles. The molecule has 8 heteroatoms. The van der Waals surface area contributed by atoms with Crippen LogP contribution in [0.2, 0.25) is 0 Å². The maximum absolute atomic E-state index is 12.8. The predicted octanol–water partition coefficient (Wildman–Crippen LogP) is 13.8. The molecule has 0 aliphatic carbocycles. The van der Waals surface area contributed by atoms with Crippen LogP contribution >= 0.6 is 0 Å². The van der Waals surface area contributed by atoms with Crippen molar-refractivity contribution >= 4 is 21.8 Å². The molecule has 0 aliphatic rings. The zero-order chi connectivity index (χ0) is 38.4. The van der Waals surface area contributed by atoms with Crippen LogP contribution in [0.25, 0.3) is 21.8 Å². The quantitative estimate of drug-likeness (QED) is 0.170. The van der Waals surface area contributed by atoms with Gasteiger partial charge in [0.15, 0.2) is 0 Å². The number of aromatic nitrogens is 2. The Hall–Kier alpha value is -5.24. The molecule has 0 fully saturated rings. The van der Waals surface area contributed by atoms with Crippen LogP contribution in [0.4, 0.5) is 26.3 Å². The van der Waals surface area contributed by atoms with Gasteiger partial charge in [0.2, 0.25) is 0 Å². The second-order valence-corrected chi connectivity index (χ2v) is 12.3. The minimum atomic E-state index is -0.519. The van der Waals surface area contributed by atoms with Gasteiger partial charge in [0.05, 0.1) is 0 Å². The van der Waals surface area contributed by atoms with Gasteiger partial charge < -0.3 is 9.97 Å². The van der Waals surface area contributed by atoms with E-state index >= 15 is 0 Å². The Morgan fingerprint density at radius 2 is 0.943 bits per heavy atom. The number of fused-ring (bicyclic) bond motifs is 2. The van der Waals surface area contributed by atoms with Crippen molar-refractivity contribution in [3.05, 3.63) is 177 Å². The molecule has 0 unspecified atom stereocenters. The number of hydrogen-bond donors (Lipinski definition) is 2. The van der Waals surface area contributed by atoms with E-state index in [1.54, 1.807) is 24.3 Å². The van der Waals surface area contributed by atoms with Gasteiger partial charge in [0.25, 0.3) is 0 Å². The molecule has 0 radical (unpaired) electrons. The topological polar surface area (TPSA) is 31.6 Å². The molecular weight excluding hydrogens is 682 g/mol. The van der Waals surface area contributed by atoms with Crippen LogP contribution in [0, 0.1) is 62.6 Å². The number of rotatable bonds is 3. The van der Waals surface area contributed by atoms with Crippen molar-refractivity contribution < 1.29 is 26.3 Å². The lowest BCUT2D eigenvalue weighted by Crippen LogP contribution is -1.87. The first-order chi connectivity index (χ1) is 24.8. The Bertz CT molecular complexity index is 2140. The molecule has 0 aliphatic heterocycles. The first-order valence-corrected chi connectivity index (χ1v) is 17.2. The maximum atomic E-state index is 12.8. The Morgan fingerprint density at radius 3 is 1.45 bits per heavy atom. The largest absolute Gasteiger partial charge is 0.361 e. The molecule has 7 rings (SSSR count). The van der Waals surface area contributed by atoms with Crippen molar-refractivity contribution in [2.75, 3.05) is 0 Å². The minimum Gasteiger partial charge on any atom is -0.361 e. The summed E-state index contributed by atoms with van der Waals surface area (Å²) < 4.78 is 75.1. The molecule has 282 valence electrons. The summed E-state index contributed by atoms with van der Waals surface area (Å²) in [6.07, 6.45) is 6.01. The van der Waals surface area contributed by atoms with E-state index in [1.807, 2.05) is 33.2 Å². The van der Waals surface area contributed by atoms with Gasteiger partial charge in [-0.05, 0) is 140 Å². The predicted molar refractivity (Wildman–Crippen MR) is 209 cm³/mol. The van der Waals surface area contributed by atoms with Gasteiger partial charge in [-0.25, -0.2) is 26.3 Å². The summed E-state index contributed by atoms with van der Waals surface area (Å²) in [7, 11) is 0. The molecule has 0 saturated carbocycles. The maximum Gasteiger partial charge on any atom is 0.129 e. The zero-order valence-corrected chi connectivity index (χ0v) is 30.7. The lowest BCUT2D eigenvalue weighted by Gasteiger charge is -2.00. The van der Waals surface area contributed by atoms with E-state index in [1.165, 1.54) is 58.7 Å². The van der Waals surface area contributed by atoms with E-state index in [-0.39, 0.29) is 19.1 Å². The first kappa shape index (κ1) is 43.9. The monoisotopic (exact) mass is 732 g/mol. The van der Waals surface area contributed by atoms with Crippen LogP contribution in [0.1, 0.15) is 67.1 Å². The molecular formula is C45H50F6N2. The van der Waals surface area contributed by atoms with E-state index in [9.17, 15) is 26.3 Å². The Labute approximate surface area is 309 Å². The minimum absolute atomic E-state index is 0. The number of benzene rings is 5. The zero-order valence-electron chi connectivity index (χ0n) is 30.7. The van der Waals surface area contributed by atoms with Gasteiger partial charge in [0, 0.05) is 46.3 Å². The summed E-state index contributed by atoms with van der Waals surface area (Å²) in [6.45, 7) is 14.1. The van der Waals surface area contributed by atoms with Crippen molar-refractivity contribution in [2.24, 2.45) is 0 Å². The smallest absolute Gasteiger partial charge is 0.129 e. The molecule has 2 nitrogen and oxygen atoms in total. The van der Waals surface area contributed by atoms with E-state index in [0.29, 0.717) is 24.0 Å². The third-order valence-electron chi connectivity index (χ3n) is 8.56. The fourth-order valence-corrected chi connectivity index (χ4v) is 5.20. The van der Waals surface area contributed by atoms with Crippen LogP contribution < -0.4 is 0 Å². The van der Waals surface area contributed by atoms with Crippen molar-refractivity contribution in [1.29, 1.82) is 0 Å². The van der Waals surface area contributed by atoms with Gasteiger partial charge in [-0.15, -0.1) is 0 Å². The highest BCUT2D eigenvalue weighted by Gasteiger charge is 2.03. The molecule has 2 heterocycles. The molecule has 5 aromatic carbocycles. The highest BCUT2D eigenvalue weighted by Crippen LogP contribution is 2.20. The molecule has 53 heavy (non-hydrogen) atoms. The first-order valence-electron chi connectivity index (χ1n) is 17.2. The van der Waals surface area contributed by atoms with E-state index < -0.39 is 23.3 Å². The lowest BCUT2D eigenvalue weighted by atomic mass is 10.1. The SMILES string of the molecule is C.CCc1c[nH]c2ccc(F)cc12.CCc1cc(F)cc(F)c1.CCc1ccc(F)cc1F.Cc1c[nH]c2ccc(F)cc12.Cc1cccc(C)c1C. The van der Waals surface area contributed by atoms with Gasteiger partial charge in [0.1, 0.15) is 34.9 Å². The van der Waals surface area contributed by atoms with Crippen LogP contribution in [-0.2, 0) is 19.3 Å². The van der Waals surface area contributed by atoms with E-state index in [0.717, 1.165) is 45.9 Å². The molecule has 2 aromatic heterocycles. The number of aromatic amines is 2. The fraction of sp³-hybridized carbons (Fsp3) is 0.244. The van der Waals surface area contributed by atoms with Gasteiger partial charge >= 0.3 is 0 Å².